The first kappa shape index (κ1) is 10.1. The number of nitrogens with zero attached hydrogens (tertiary/aromatic N) is 1. The van der Waals surface area contributed by atoms with Gasteiger partial charge in [-0.05, 0) is 19.4 Å². The molecule has 1 fully saturated rings. The van der Waals surface area contributed by atoms with Crippen molar-refractivity contribution in [2.75, 3.05) is 20.2 Å². The van der Waals surface area contributed by atoms with E-state index in [9.17, 15) is 4.79 Å². The van der Waals surface area contributed by atoms with Crippen LogP contribution < -0.4 is 0 Å². The molecule has 0 aliphatic carbocycles. The number of hydrogen-bond acceptors (Lipinski definition) is 3. The molecular formula is C10H15NO2. The lowest BCUT2D eigenvalue weighted by atomic mass is 10.2. The van der Waals surface area contributed by atoms with Crippen molar-refractivity contribution in [3.8, 4) is 12.3 Å². The summed E-state index contributed by atoms with van der Waals surface area (Å²) in [6.07, 6.45) is 7.83. The van der Waals surface area contributed by atoms with Crippen LogP contribution in [0.3, 0.4) is 0 Å². The summed E-state index contributed by atoms with van der Waals surface area (Å²) < 4.78 is 4.71. The van der Waals surface area contributed by atoms with Gasteiger partial charge in [-0.1, -0.05) is 0 Å². The zero-order valence-electron chi connectivity index (χ0n) is 7.95. The van der Waals surface area contributed by atoms with Crippen LogP contribution in [0, 0.1) is 12.3 Å². The van der Waals surface area contributed by atoms with Crippen LogP contribution in [0.25, 0.3) is 0 Å². The molecule has 0 bridgehead atoms. The van der Waals surface area contributed by atoms with E-state index in [4.69, 9.17) is 11.2 Å². The standard InChI is InChI=1S/C10H15NO2/c1-3-4-7-11-8-5-6-9(11)10(12)13-2/h1,9H,4-8H2,2H3/t9-/m0/s1. The number of hydrogen-bond donors (Lipinski definition) is 0. The highest BCUT2D eigenvalue weighted by Crippen LogP contribution is 2.18. The predicted molar refractivity (Wildman–Crippen MR) is 50.1 cm³/mol. The molecule has 0 spiro atoms. The topological polar surface area (TPSA) is 29.5 Å². The second-order valence-corrected chi connectivity index (χ2v) is 3.17. The van der Waals surface area contributed by atoms with E-state index in [1.807, 2.05) is 0 Å². The quantitative estimate of drug-likeness (QED) is 0.473. The van der Waals surface area contributed by atoms with Crippen molar-refractivity contribution in [1.29, 1.82) is 0 Å². The number of ether oxygens (including phenoxy) is 1. The molecule has 1 aliphatic heterocycles. The van der Waals surface area contributed by atoms with Gasteiger partial charge in [-0.3, -0.25) is 9.69 Å². The normalized spacial score (nSPS) is 22.6. The van der Waals surface area contributed by atoms with Gasteiger partial charge in [0.1, 0.15) is 6.04 Å². The van der Waals surface area contributed by atoms with Crippen molar-refractivity contribution in [2.45, 2.75) is 25.3 Å². The molecule has 0 saturated carbocycles. The first-order valence-electron chi connectivity index (χ1n) is 4.55. The Kier molecular flexibility index (Phi) is 3.78. The summed E-state index contributed by atoms with van der Waals surface area (Å²) >= 11 is 0. The summed E-state index contributed by atoms with van der Waals surface area (Å²) in [6, 6.07) is -0.0571. The molecule has 0 amide bonds. The van der Waals surface area contributed by atoms with Gasteiger partial charge in [0.2, 0.25) is 0 Å². The molecule has 0 aromatic carbocycles. The number of carbonyl (C=O) groups excluding carboxylic acids is 1. The Bertz CT molecular complexity index is 219. The Morgan fingerprint density at radius 3 is 3.15 bits per heavy atom. The van der Waals surface area contributed by atoms with Crippen molar-refractivity contribution >= 4 is 5.97 Å². The highest BCUT2D eigenvalue weighted by molar-refractivity contribution is 5.75. The van der Waals surface area contributed by atoms with Crippen LogP contribution >= 0.6 is 0 Å². The second-order valence-electron chi connectivity index (χ2n) is 3.17. The van der Waals surface area contributed by atoms with E-state index in [1.165, 1.54) is 7.11 Å². The SMILES string of the molecule is C#CCCN1CCC[C@H]1C(=O)OC. The zero-order chi connectivity index (χ0) is 9.68. The van der Waals surface area contributed by atoms with E-state index in [0.29, 0.717) is 6.42 Å². The highest BCUT2D eigenvalue weighted by Gasteiger charge is 2.30. The van der Waals surface area contributed by atoms with E-state index in [-0.39, 0.29) is 12.0 Å². The molecule has 1 atom stereocenters. The molecule has 1 heterocycles. The third-order valence-electron chi connectivity index (χ3n) is 2.38. The van der Waals surface area contributed by atoms with Gasteiger partial charge in [-0.2, -0.15) is 0 Å². The molecule has 1 rings (SSSR count). The first-order valence-corrected chi connectivity index (χ1v) is 4.55. The van der Waals surface area contributed by atoms with E-state index in [0.717, 1.165) is 25.9 Å². The summed E-state index contributed by atoms with van der Waals surface area (Å²) in [5, 5.41) is 0. The summed E-state index contributed by atoms with van der Waals surface area (Å²) in [7, 11) is 1.43. The van der Waals surface area contributed by atoms with Gasteiger partial charge in [-0.15, -0.1) is 12.3 Å². The van der Waals surface area contributed by atoms with Crippen molar-refractivity contribution < 1.29 is 9.53 Å². The van der Waals surface area contributed by atoms with Crippen molar-refractivity contribution in [3.63, 3.8) is 0 Å². The smallest absolute Gasteiger partial charge is 0.323 e. The maximum atomic E-state index is 11.3. The summed E-state index contributed by atoms with van der Waals surface area (Å²) in [5.41, 5.74) is 0. The van der Waals surface area contributed by atoms with Gasteiger partial charge >= 0.3 is 5.97 Å². The van der Waals surface area contributed by atoms with E-state index in [2.05, 4.69) is 10.8 Å². The third-order valence-corrected chi connectivity index (χ3v) is 2.38. The minimum atomic E-state index is -0.130. The fraction of sp³-hybridized carbons (Fsp3) is 0.700. The molecule has 0 N–H and O–H groups in total. The number of methoxy groups -OCH3 is 1. The van der Waals surface area contributed by atoms with E-state index >= 15 is 0 Å². The molecule has 0 radical (unpaired) electrons. The number of carbonyl (C=O) groups is 1. The molecule has 0 aromatic heterocycles. The van der Waals surface area contributed by atoms with Crippen LogP contribution in [0.1, 0.15) is 19.3 Å². The minimum Gasteiger partial charge on any atom is -0.468 e. The Labute approximate surface area is 79.1 Å². The maximum absolute atomic E-state index is 11.3. The first-order chi connectivity index (χ1) is 6.29. The van der Waals surface area contributed by atoms with Crippen LogP contribution in [0.2, 0.25) is 0 Å². The Morgan fingerprint density at radius 1 is 1.77 bits per heavy atom. The number of terminal acetylenes is 1. The lowest BCUT2D eigenvalue weighted by Gasteiger charge is -2.20. The Balaban J connectivity index is 2.44. The minimum absolute atomic E-state index is 0.0571. The average Bonchev–Trinajstić information content (AvgIpc) is 2.61. The van der Waals surface area contributed by atoms with E-state index < -0.39 is 0 Å². The van der Waals surface area contributed by atoms with Crippen LogP contribution in [-0.4, -0.2) is 37.1 Å². The Hall–Kier alpha value is -1.01. The van der Waals surface area contributed by atoms with Gasteiger partial charge < -0.3 is 4.74 Å². The molecule has 72 valence electrons. The van der Waals surface area contributed by atoms with Crippen molar-refractivity contribution in [3.05, 3.63) is 0 Å². The number of esters is 1. The number of likely N-dealkylation sites (tertiary alicyclic amines) is 1. The third kappa shape index (κ3) is 2.46. The largest absolute Gasteiger partial charge is 0.468 e. The Morgan fingerprint density at radius 2 is 2.54 bits per heavy atom. The molecule has 0 unspecified atom stereocenters. The summed E-state index contributed by atoms with van der Waals surface area (Å²) in [4.78, 5) is 13.4. The fourth-order valence-electron chi connectivity index (χ4n) is 1.70. The van der Waals surface area contributed by atoms with Gasteiger partial charge in [0.15, 0.2) is 0 Å². The maximum Gasteiger partial charge on any atom is 0.323 e. The average molecular weight is 181 g/mol. The van der Waals surface area contributed by atoms with Gasteiger partial charge in [0.05, 0.1) is 7.11 Å². The zero-order valence-corrected chi connectivity index (χ0v) is 7.95. The predicted octanol–water partition coefficient (Wildman–Crippen LogP) is 0.647. The van der Waals surface area contributed by atoms with Crippen molar-refractivity contribution in [1.82, 2.24) is 4.90 Å². The van der Waals surface area contributed by atoms with Gasteiger partial charge in [0, 0.05) is 13.0 Å². The molecule has 0 aromatic rings. The fourth-order valence-corrected chi connectivity index (χ4v) is 1.70. The van der Waals surface area contributed by atoms with Crippen molar-refractivity contribution in [2.24, 2.45) is 0 Å². The lowest BCUT2D eigenvalue weighted by Crippen LogP contribution is -2.37. The number of rotatable bonds is 3. The molecule has 1 aliphatic rings. The summed E-state index contributed by atoms with van der Waals surface area (Å²) in [6.45, 7) is 1.76. The highest BCUT2D eigenvalue weighted by atomic mass is 16.5. The van der Waals surface area contributed by atoms with Crippen LogP contribution in [0.5, 0.6) is 0 Å². The van der Waals surface area contributed by atoms with E-state index in [1.54, 1.807) is 0 Å². The molecule has 3 heteroatoms. The second kappa shape index (κ2) is 4.88. The van der Waals surface area contributed by atoms with Gasteiger partial charge in [0.25, 0.3) is 0 Å². The lowest BCUT2D eigenvalue weighted by molar-refractivity contribution is -0.145. The molecule has 13 heavy (non-hydrogen) atoms. The van der Waals surface area contributed by atoms with Crippen LogP contribution in [0.15, 0.2) is 0 Å². The molecule has 3 nitrogen and oxygen atoms in total. The van der Waals surface area contributed by atoms with Crippen LogP contribution in [0.4, 0.5) is 0 Å². The van der Waals surface area contributed by atoms with Gasteiger partial charge in [-0.25, -0.2) is 0 Å². The molecule has 1 saturated heterocycles. The monoisotopic (exact) mass is 181 g/mol. The summed E-state index contributed by atoms with van der Waals surface area (Å²) in [5.74, 6) is 2.45. The molecular weight excluding hydrogens is 166 g/mol. The van der Waals surface area contributed by atoms with Crippen LogP contribution in [-0.2, 0) is 9.53 Å².